The summed E-state index contributed by atoms with van der Waals surface area (Å²) in [7, 11) is -2.21. The minimum atomic E-state index is -3.65. The van der Waals surface area contributed by atoms with Crippen molar-refractivity contribution in [2.75, 3.05) is 20.2 Å². The van der Waals surface area contributed by atoms with Gasteiger partial charge in [-0.3, -0.25) is 0 Å². The van der Waals surface area contributed by atoms with E-state index in [4.69, 9.17) is 16.3 Å². The van der Waals surface area contributed by atoms with Crippen molar-refractivity contribution in [1.29, 1.82) is 0 Å². The molecule has 5 nitrogen and oxygen atoms in total. The number of aliphatic hydroxyl groups excluding tert-OH is 1. The van der Waals surface area contributed by atoms with Crippen LogP contribution >= 0.6 is 11.6 Å². The van der Waals surface area contributed by atoms with Crippen molar-refractivity contribution in [2.45, 2.75) is 24.8 Å². The van der Waals surface area contributed by atoms with Crippen molar-refractivity contribution in [1.82, 2.24) is 4.31 Å². The van der Waals surface area contributed by atoms with Gasteiger partial charge >= 0.3 is 0 Å². The Morgan fingerprint density at radius 3 is 2.40 bits per heavy atom. The van der Waals surface area contributed by atoms with Crippen molar-refractivity contribution in [3.63, 3.8) is 0 Å². The number of aryl methyl sites for hydroxylation is 2. The van der Waals surface area contributed by atoms with E-state index in [0.29, 0.717) is 10.8 Å². The van der Waals surface area contributed by atoms with Crippen molar-refractivity contribution >= 4 is 21.6 Å². The molecule has 25 heavy (non-hydrogen) atoms. The molecule has 1 atom stereocenters. The molecule has 1 N–H and O–H groups in total. The number of aliphatic hydroxyl groups is 1. The Kier molecular flexibility index (Phi) is 6.46. The zero-order chi connectivity index (χ0) is 18.6. The van der Waals surface area contributed by atoms with Gasteiger partial charge in [-0.05, 0) is 49.7 Å². The molecule has 0 aliphatic heterocycles. The van der Waals surface area contributed by atoms with Gasteiger partial charge in [0.05, 0.1) is 4.90 Å². The summed E-state index contributed by atoms with van der Waals surface area (Å²) in [5.74, 6) is 0.574. The Labute approximate surface area is 153 Å². The zero-order valence-electron chi connectivity index (χ0n) is 14.4. The molecule has 136 valence electrons. The van der Waals surface area contributed by atoms with Crippen LogP contribution in [0.2, 0.25) is 5.02 Å². The lowest BCUT2D eigenvalue weighted by molar-refractivity contribution is 0.0935. The summed E-state index contributed by atoms with van der Waals surface area (Å²) in [5.41, 5.74) is 1.85. The minimum absolute atomic E-state index is 0.0190. The molecule has 2 aromatic carbocycles. The summed E-state index contributed by atoms with van der Waals surface area (Å²) in [4.78, 5) is 0.196. The number of halogens is 1. The van der Waals surface area contributed by atoms with Crippen LogP contribution in [-0.2, 0) is 10.0 Å². The van der Waals surface area contributed by atoms with Gasteiger partial charge in [0.1, 0.15) is 18.5 Å². The lowest BCUT2D eigenvalue weighted by Gasteiger charge is -2.21. The first kappa shape index (κ1) is 19.7. The highest BCUT2D eigenvalue weighted by Crippen LogP contribution is 2.21. The fourth-order valence-electron chi connectivity index (χ4n) is 2.24. The third-order valence-electron chi connectivity index (χ3n) is 3.77. The Morgan fingerprint density at radius 2 is 1.80 bits per heavy atom. The van der Waals surface area contributed by atoms with Crippen molar-refractivity contribution in [3.05, 3.63) is 58.6 Å². The smallest absolute Gasteiger partial charge is 0.242 e. The Hall–Kier alpha value is -1.60. The van der Waals surface area contributed by atoms with Gasteiger partial charge in [0.2, 0.25) is 10.0 Å². The first-order chi connectivity index (χ1) is 11.7. The van der Waals surface area contributed by atoms with Gasteiger partial charge in [0.15, 0.2) is 0 Å². The fourth-order valence-corrected chi connectivity index (χ4v) is 3.56. The summed E-state index contributed by atoms with van der Waals surface area (Å²) < 4.78 is 31.6. The number of hydrogen-bond donors (Lipinski definition) is 1. The highest BCUT2D eigenvalue weighted by molar-refractivity contribution is 7.89. The molecular formula is C18H22ClNO4S. The van der Waals surface area contributed by atoms with Gasteiger partial charge in [-0.15, -0.1) is 0 Å². The van der Waals surface area contributed by atoms with Crippen molar-refractivity contribution in [2.24, 2.45) is 0 Å². The predicted octanol–water partition coefficient (Wildman–Crippen LogP) is 3.02. The maximum absolute atomic E-state index is 12.5. The SMILES string of the molecule is Cc1ccc(S(=O)(=O)N(C)C[C@H](O)COc2ccc(Cl)c(C)c2)cc1. The highest BCUT2D eigenvalue weighted by atomic mass is 35.5. The molecule has 0 aliphatic rings. The van der Waals surface area contributed by atoms with Crippen LogP contribution in [0.1, 0.15) is 11.1 Å². The lowest BCUT2D eigenvalue weighted by Crippen LogP contribution is -2.37. The molecule has 0 aliphatic carbocycles. The first-order valence-corrected chi connectivity index (χ1v) is 9.62. The molecule has 0 aromatic heterocycles. The summed E-state index contributed by atoms with van der Waals surface area (Å²) in [6.45, 7) is 3.66. The van der Waals surface area contributed by atoms with Gasteiger partial charge in [-0.2, -0.15) is 4.31 Å². The maximum atomic E-state index is 12.5. The normalized spacial score (nSPS) is 13.0. The monoisotopic (exact) mass is 383 g/mol. The van der Waals surface area contributed by atoms with Crippen molar-refractivity contribution < 1.29 is 18.3 Å². The van der Waals surface area contributed by atoms with E-state index in [1.54, 1.807) is 42.5 Å². The van der Waals surface area contributed by atoms with E-state index in [1.165, 1.54) is 7.05 Å². The average molecular weight is 384 g/mol. The molecule has 0 spiro atoms. The second-order valence-corrected chi connectivity index (χ2v) is 8.43. The Morgan fingerprint density at radius 1 is 1.16 bits per heavy atom. The van der Waals surface area contributed by atoms with Crippen LogP contribution in [0.15, 0.2) is 47.4 Å². The second kappa shape index (κ2) is 8.19. The largest absolute Gasteiger partial charge is 0.491 e. The minimum Gasteiger partial charge on any atom is -0.491 e. The third kappa shape index (κ3) is 5.19. The van der Waals surface area contributed by atoms with Crippen LogP contribution in [0.3, 0.4) is 0 Å². The molecule has 0 radical (unpaired) electrons. The number of hydrogen-bond acceptors (Lipinski definition) is 4. The molecule has 0 amide bonds. The summed E-state index contributed by atoms with van der Waals surface area (Å²) in [6.07, 6.45) is -0.957. The summed E-state index contributed by atoms with van der Waals surface area (Å²) in [6, 6.07) is 11.8. The Bertz CT molecular complexity index is 821. The summed E-state index contributed by atoms with van der Waals surface area (Å²) in [5, 5.41) is 10.7. The van der Waals surface area contributed by atoms with Crippen LogP contribution in [0.5, 0.6) is 5.75 Å². The number of benzene rings is 2. The summed E-state index contributed by atoms with van der Waals surface area (Å²) >= 11 is 5.95. The number of ether oxygens (including phenoxy) is 1. The molecule has 0 bridgehead atoms. The van der Waals surface area contributed by atoms with Crippen LogP contribution < -0.4 is 4.74 Å². The quantitative estimate of drug-likeness (QED) is 0.798. The van der Waals surface area contributed by atoms with E-state index in [1.807, 2.05) is 13.8 Å². The predicted molar refractivity (Wildman–Crippen MR) is 98.7 cm³/mol. The van der Waals surface area contributed by atoms with Crippen molar-refractivity contribution in [3.8, 4) is 5.75 Å². The number of likely N-dealkylation sites (N-methyl/N-ethyl adjacent to an activating group) is 1. The van der Waals surface area contributed by atoms with Gasteiger partial charge in [-0.1, -0.05) is 29.3 Å². The van der Waals surface area contributed by atoms with Crippen LogP contribution in [0.25, 0.3) is 0 Å². The molecule has 0 fully saturated rings. The topological polar surface area (TPSA) is 66.8 Å². The van der Waals surface area contributed by atoms with E-state index in [-0.39, 0.29) is 18.0 Å². The van der Waals surface area contributed by atoms with Crippen LogP contribution in [0, 0.1) is 13.8 Å². The van der Waals surface area contributed by atoms with Gasteiger partial charge in [0, 0.05) is 18.6 Å². The van der Waals surface area contributed by atoms with Gasteiger partial charge in [-0.25, -0.2) is 8.42 Å². The zero-order valence-corrected chi connectivity index (χ0v) is 16.0. The third-order valence-corrected chi connectivity index (χ3v) is 6.03. The molecule has 0 saturated carbocycles. The van der Waals surface area contributed by atoms with Crippen LogP contribution in [-0.4, -0.2) is 44.1 Å². The standard InChI is InChI=1S/C18H22ClNO4S/c1-13-4-7-17(8-5-13)25(22,23)20(3)11-15(21)12-24-16-6-9-18(19)14(2)10-16/h4-10,15,21H,11-12H2,1-3H3/t15-/m0/s1. The molecule has 0 saturated heterocycles. The molecule has 0 unspecified atom stereocenters. The second-order valence-electron chi connectivity index (χ2n) is 5.97. The average Bonchev–Trinajstić information content (AvgIpc) is 2.56. The number of nitrogens with zero attached hydrogens (tertiary/aromatic N) is 1. The first-order valence-electron chi connectivity index (χ1n) is 7.80. The highest BCUT2D eigenvalue weighted by Gasteiger charge is 2.23. The van der Waals surface area contributed by atoms with E-state index in [0.717, 1.165) is 15.4 Å². The maximum Gasteiger partial charge on any atom is 0.242 e. The van der Waals surface area contributed by atoms with E-state index in [2.05, 4.69) is 0 Å². The number of sulfonamides is 1. The van der Waals surface area contributed by atoms with E-state index < -0.39 is 16.1 Å². The fraction of sp³-hybridized carbons (Fsp3) is 0.333. The molecule has 2 aromatic rings. The molecule has 0 heterocycles. The van der Waals surface area contributed by atoms with E-state index in [9.17, 15) is 13.5 Å². The van der Waals surface area contributed by atoms with E-state index >= 15 is 0 Å². The van der Waals surface area contributed by atoms with Crippen LogP contribution in [0.4, 0.5) is 0 Å². The number of rotatable bonds is 7. The van der Waals surface area contributed by atoms with Gasteiger partial charge in [0.25, 0.3) is 0 Å². The molecule has 2 rings (SSSR count). The Balaban J connectivity index is 1.95. The van der Waals surface area contributed by atoms with Gasteiger partial charge < -0.3 is 9.84 Å². The molecular weight excluding hydrogens is 362 g/mol. The molecule has 7 heteroatoms. The lowest BCUT2D eigenvalue weighted by atomic mass is 10.2.